The van der Waals surface area contributed by atoms with E-state index in [1.807, 2.05) is 24.4 Å². The maximum Gasteiger partial charge on any atom is 0.110 e. The summed E-state index contributed by atoms with van der Waals surface area (Å²) in [6.07, 6.45) is 3.74. The summed E-state index contributed by atoms with van der Waals surface area (Å²) in [7, 11) is 0. The molecule has 0 aliphatic heterocycles. The largest absolute Gasteiger partial charge is 0.326 e. The highest BCUT2D eigenvalue weighted by molar-refractivity contribution is 5.68. The smallest absolute Gasteiger partial charge is 0.110 e. The van der Waals surface area contributed by atoms with Crippen LogP contribution >= 0.6 is 0 Å². The first-order valence-electron chi connectivity index (χ1n) is 5.88. The summed E-state index contributed by atoms with van der Waals surface area (Å²) in [5.41, 5.74) is 10.9. The number of pyridine rings is 1. The van der Waals surface area contributed by atoms with Gasteiger partial charge in [0.15, 0.2) is 0 Å². The van der Waals surface area contributed by atoms with Crippen LogP contribution in [0.2, 0.25) is 0 Å². The molecule has 3 rings (SSSR count). The van der Waals surface area contributed by atoms with E-state index in [2.05, 4.69) is 33.7 Å². The summed E-state index contributed by atoms with van der Waals surface area (Å²) in [6, 6.07) is 10.3. The van der Waals surface area contributed by atoms with Crippen molar-refractivity contribution in [2.75, 3.05) is 0 Å². The number of rotatable bonds is 2. The van der Waals surface area contributed by atoms with Gasteiger partial charge in [-0.05, 0) is 42.3 Å². The van der Waals surface area contributed by atoms with Gasteiger partial charge >= 0.3 is 0 Å². The third-order valence-electron chi connectivity index (χ3n) is 3.06. The Kier molecular flexibility index (Phi) is 2.57. The maximum absolute atomic E-state index is 5.65. The molecule has 3 heterocycles. The Morgan fingerprint density at radius 2 is 2.17 bits per heavy atom. The molecule has 0 amide bonds. The van der Waals surface area contributed by atoms with E-state index in [0.29, 0.717) is 6.54 Å². The number of fused-ring (bicyclic) bond motifs is 1. The van der Waals surface area contributed by atoms with Gasteiger partial charge in [0.2, 0.25) is 0 Å². The van der Waals surface area contributed by atoms with E-state index in [1.54, 1.807) is 6.20 Å². The average Bonchev–Trinajstić information content (AvgIpc) is 2.74. The van der Waals surface area contributed by atoms with E-state index in [4.69, 9.17) is 5.73 Å². The van der Waals surface area contributed by atoms with Gasteiger partial charge in [-0.1, -0.05) is 6.07 Å². The highest BCUT2D eigenvalue weighted by atomic mass is 15.1. The minimum absolute atomic E-state index is 0.477. The van der Waals surface area contributed by atoms with Gasteiger partial charge in [0, 0.05) is 18.3 Å². The molecule has 0 saturated heterocycles. The lowest BCUT2D eigenvalue weighted by Gasteiger charge is -2.04. The predicted molar refractivity (Wildman–Crippen MR) is 71.1 cm³/mol. The van der Waals surface area contributed by atoms with Crippen LogP contribution in [-0.2, 0) is 6.54 Å². The van der Waals surface area contributed by atoms with E-state index in [0.717, 1.165) is 22.5 Å². The molecule has 2 N–H and O–H groups in total. The summed E-state index contributed by atoms with van der Waals surface area (Å²) in [5, 5.41) is 8.23. The Hall–Kier alpha value is -2.20. The first-order chi connectivity index (χ1) is 8.79. The Labute approximate surface area is 105 Å². The molecule has 0 unspecified atom stereocenters. The molecule has 4 heteroatoms. The SMILES string of the molecule is Cc1cc2ccccn2c1-c1cc(CN)cnn1. The van der Waals surface area contributed by atoms with Crippen LogP contribution in [0.4, 0.5) is 0 Å². The molecule has 0 aromatic carbocycles. The second kappa shape index (κ2) is 4.23. The second-order valence-corrected chi connectivity index (χ2v) is 4.32. The number of nitrogens with zero attached hydrogens (tertiary/aromatic N) is 3. The van der Waals surface area contributed by atoms with Crippen molar-refractivity contribution in [2.24, 2.45) is 5.73 Å². The standard InChI is InChI=1S/C14H14N4/c1-10-6-12-4-2-3-5-18(12)14(10)13-7-11(8-15)9-16-17-13/h2-7,9H,8,15H2,1H3. The van der Waals surface area contributed by atoms with Crippen LogP contribution in [0.25, 0.3) is 16.9 Å². The number of aromatic nitrogens is 3. The fourth-order valence-electron chi connectivity index (χ4n) is 2.22. The van der Waals surface area contributed by atoms with Crippen LogP contribution in [-0.4, -0.2) is 14.6 Å². The highest BCUT2D eigenvalue weighted by Crippen LogP contribution is 2.25. The Morgan fingerprint density at radius 1 is 1.28 bits per heavy atom. The third kappa shape index (κ3) is 1.67. The summed E-state index contributed by atoms with van der Waals surface area (Å²) >= 11 is 0. The van der Waals surface area contributed by atoms with E-state index >= 15 is 0 Å². The van der Waals surface area contributed by atoms with Crippen LogP contribution < -0.4 is 5.73 Å². The minimum Gasteiger partial charge on any atom is -0.326 e. The van der Waals surface area contributed by atoms with Gasteiger partial charge in [-0.15, -0.1) is 5.10 Å². The zero-order chi connectivity index (χ0) is 12.5. The summed E-state index contributed by atoms with van der Waals surface area (Å²) < 4.78 is 2.12. The first kappa shape index (κ1) is 10.9. The van der Waals surface area contributed by atoms with E-state index in [-0.39, 0.29) is 0 Å². The van der Waals surface area contributed by atoms with Gasteiger partial charge < -0.3 is 10.1 Å². The van der Waals surface area contributed by atoms with E-state index < -0.39 is 0 Å². The Bertz CT molecular complexity index is 700. The van der Waals surface area contributed by atoms with Crippen molar-refractivity contribution in [1.82, 2.24) is 14.6 Å². The van der Waals surface area contributed by atoms with Gasteiger partial charge in [0.05, 0.1) is 11.9 Å². The second-order valence-electron chi connectivity index (χ2n) is 4.32. The maximum atomic E-state index is 5.65. The van der Waals surface area contributed by atoms with Crippen molar-refractivity contribution in [3.05, 3.63) is 53.9 Å². The quantitative estimate of drug-likeness (QED) is 0.744. The third-order valence-corrected chi connectivity index (χ3v) is 3.06. The summed E-state index contributed by atoms with van der Waals surface area (Å²) in [5.74, 6) is 0. The fourth-order valence-corrected chi connectivity index (χ4v) is 2.22. The van der Waals surface area contributed by atoms with Crippen LogP contribution in [0.5, 0.6) is 0 Å². The number of aryl methyl sites for hydroxylation is 1. The predicted octanol–water partition coefficient (Wildman–Crippen LogP) is 2.16. The minimum atomic E-state index is 0.477. The normalized spacial score (nSPS) is 11.0. The van der Waals surface area contributed by atoms with Gasteiger partial charge in [-0.2, -0.15) is 5.10 Å². The van der Waals surface area contributed by atoms with Crippen molar-refractivity contribution in [3.8, 4) is 11.4 Å². The number of hydrogen-bond acceptors (Lipinski definition) is 3. The van der Waals surface area contributed by atoms with Crippen LogP contribution in [0.1, 0.15) is 11.1 Å². The Morgan fingerprint density at radius 3 is 3.00 bits per heavy atom. The molecule has 0 fully saturated rings. The molecule has 4 nitrogen and oxygen atoms in total. The van der Waals surface area contributed by atoms with E-state index in [1.165, 1.54) is 5.56 Å². The molecular weight excluding hydrogens is 224 g/mol. The highest BCUT2D eigenvalue weighted by Gasteiger charge is 2.10. The fraction of sp³-hybridized carbons (Fsp3) is 0.143. The zero-order valence-electron chi connectivity index (χ0n) is 10.2. The summed E-state index contributed by atoms with van der Waals surface area (Å²) in [4.78, 5) is 0. The molecule has 0 saturated carbocycles. The molecule has 3 aromatic heterocycles. The van der Waals surface area contributed by atoms with Crippen molar-refractivity contribution in [2.45, 2.75) is 13.5 Å². The molecule has 0 aliphatic rings. The van der Waals surface area contributed by atoms with Crippen LogP contribution in [0.15, 0.2) is 42.7 Å². The molecule has 90 valence electrons. The zero-order valence-corrected chi connectivity index (χ0v) is 10.2. The average molecular weight is 238 g/mol. The van der Waals surface area contributed by atoms with Crippen LogP contribution in [0, 0.1) is 6.92 Å². The lowest BCUT2D eigenvalue weighted by molar-refractivity contribution is 0.963. The van der Waals surface area contributed by atoms with Crippen molar-refractivity contribution >= 4 is 5.52 Å². The van der Waals surface area contributed by atoms with Crippen molar-refractivity contribution in [3.63, 3.8) is 0 Å². The lowest BCUT2D eigenvalue weighted by atomic mass is 10.1. The molecule has 0 radical (unpaired) electrons. The molecular formula is C14H14N4. The first-order valence-corrected chi connectivity index (χ1v) is 5.88. The van der Waals surface area contributed by atoms with Gasteiger partial charge in [0.1, 0.15) is 5.69 Å². The monoisotopic (exact) mass is 238 g/mol. The van der Waals surface area contributed by atoms with E-state index in [9.17, 15) is 0 Å². The van der Waals surface area contributed by atoms with Gasteiger partial charge in [-0.3, -0.25) is 0 Å². The molecule has 0 bridgehead atoms. The van der Waals surface area contributed by atoms with Gasteiger partial charge in [-0.25, -0.2) is 0 Å². The van der Waals surface area contributed by atoms with Crippen molar-refractivity contribution in [1.29, 1.82) is 0 Å². The lowest BCUT2D eigenvalue weighted by Crippen LogP contribution is -2.00. The van der Waals surface area contributed by atoms with Crippen molar-refractivity contribution < 1.29 is 0 Å². The van der Waals surface area contributed by atoms with Crippen LogP contribution in [0.3, 0.4) is 0 Å². The molecule has 0 aliphatic carbocycles. The topological polar surface area (TPSA) is 56.2 Å². The Balaban J connectivity index is 2.27. The summed E-state index contributed by atoms with van der Waals surface area (Å²) in [6.45, 7) is 2.56. The molecule has 18 heavy (non-hydrogen) atoms. The number of hydrogen-bond donors (Lipinski definition) is 1. The number of nitrogens with two attached hydrogens (primary N) is 1. The molecule has 0 atom stereocenters. The van der Waals surface area contributed by atoms with Gasteiger partial charge in [0.25, 0.3) is 0 Å². The molecule has 3 aromatic rings. The molecule has 0 spiro atoms.